The summed E-state index contributed by atoms with van der Waals surface area (Å²) in [5.41, 5.74) is 0. The number of hydrogen-bond donors (Lipinski definition) is 0. The van der Waals surface area contributed by atoms with Gasteiger partial charge in [-0.25, -0.2) is 9.69 Å². The summed E-state index contributed by atoms with van der Waals surface area (Å²) in [5, 5.41) is 0. The predicted octanol–water partition coefficient (Wildman–Crippen LogP) is 4.18. The lowest BCUT2D eigenvalue weighted by molar-refractivity contribution is -0.163. The summed E-state index contributed by atoms with van der Waals surface area (Å²) in [7, 11) is -1.87. The van der Waals surface area contributed by atoms with Crippen molar-refractivity contribution in [2.45, 2.75) is 84.7 Å². The van der Waals surface area contributed by atoms with Gasteiger partial charge in [0.2, 0.25) is 0 Å². The van der Waals surface area contributed by atoms with Crippen LogP contribution in [0.25, 0.3) is 0 Å². The van der Waals surface area contributed by atoms with E-state index in [1.165, 1.54) is 4.90 Å². The van der Waals surface area contributed by atoms with Gasteiger partial charge in [-0.1, -0.05) is 48.0 Å². The van der Waals surface area contributed by atoms with Gasteiger partial charge < -0.3 is 9.16 Å². The molecule has 1 aliphatic heterocycles. The molecule has 2 atom stereocenters. The maximum atomic E-state index is 12.5. The highest BCUT2D eigenvalue weighted by atomic mass is 28.4. The van der Waals surface area contributed by atoms with Gasteiger partial charge in [0.25, 0.3) is 5.91 Å². The van der Waals surface area contributed by atoms with Crippen molar-refractivity contribution < 1.29 is 18.8 Å². The topological polar surface area (TPSA) is 55.8 Å². The highest BCUT2D eigenvalue weighted by Gasteiger charge is 2.55. The number of ether oxygens (including phenoxy) is 1. The number of nitrogens with zero attached hydrogens (tertiary/aromatic N) is 1. The van der Waals surface area contributed by atoms with E-state index < -0.39 is 20.5 Å². The highest BCUT2D eigenvalue weighted by Crippen LogP contribution is 2.35. The second kappa shape index (κ2) is 8.83. The molecule has 1 rings (SSSR count). The van der Waals surface area contributed by atoms with Crippen LogP contribution in [0.2, 0.25) is 18.1 Å². The summed E-state index contributed by atoms with van der Waals surface area (Å²) < 4.78 is 11.6. The van der Waals surface area contributed by atoms with E-state index in [0.29, 0.717) is 6.61 Å². The average Bonchev–Trinajstić information content (AvgIpc) is 2.53. The van der Waals surface area contributed by atoms with Gasteiger partial charge in [0, 0.05) is 0 Å². The van der Waals surface area contributed by atoms with Gasteiger partial charge in [-0.2, -0.15) is 0 Å². The van der Waals surface area contributed by atoms with E-state index >= 15 is 0 Å². The molecule has 0 saturated carbocycles. The molecule has 0 N–H and O–H groups in total. The molecule has 0 bridgehead atoms. The Labute approximate surface area is 141 Å². The minimum Gasteiger partial charge on any atom is -0.449 e. The Kier molecular flexibility index (Phi) is 7.74. The minimum absolute atomic E-state index is 0.161. The van der Waals surface area contributed by atoms with Crippen LogP contribution in [0, 0.1) is 5.92 Å². The molecule has 23 heavy (non-hydrogen) atoms. The lowest BCUT2D eigenvalue weighted by Gasteiger charge is -2.49. The Bertz CT molecular complexity index is 401. The Morgan fingerprint density at radius 1 is 1.17 bits per heavy atom. The fourth-order valence-corrected chi connectivity index (χ4v) is 5.88. The predicted molar refractivity (Wildman–Crippen MR) is 93.8 cm³/mol. The zero-order chi connectivity index (χ0) is 17.6. The first-order chi connectivity index (χ1) is 10.9. The largest absolute Gasteiger partial charge is 0.449 e. The third-order valence-corrected chi connectivity index (χ3v) is 9.62. The van der Waals surface area contributed by atoms with Gasteiger partial charge in [0.05, 0.1) is 12.6 Å². The van der Waals surface area contributed by atoms with Crippen LogP contribution < -0.4 is 0 Å². The molecule has 2 amide bonds. The zero-order valence-corrected chi connectivity index (χ0v) is 16.6. The summed E-state index contributed by atoms with van der Waals surface area (Å²) in [6.07, 6.45) is 0.787. The molecule has 0 aromatic heterocycles. The van der Waals surface area contributed by atoms with Crippen LogP contribution in [-0.4, -0.2) is 44.0 Å². The fraction of sp³-hybridized carbons (Fsp3) is 0.882. The maximum Gasteiger partial charge on any atom is 0.416 e. The van der Waals surface area contributed by atoms with Crippen LogP contribution >= 0.6 is 0 Å². The third-order valence-electron chi connectivity index (χ3n) is 5.00. The number of unbranched alkanes of at least 4 members (excludes halogenated alkanes) is 1. The van der Waals surface area contributed by atoms with Crippen molar-refractivity contribution in [3.8, 4) is 0 Å². The van der Waals surface area contributed by atoms with Crippen molar-refractivity contribution in [3.63, 3.8) is 0 Å². The number of carbonyl (C=O) groups excluding carboxylic acids is 2. The number of amides is 2. The van der Waals surface area contributed by atoms with Crippen molar-refractivity contribution in [2.75, 3.05) is 6.61 Å². The maximum absolute atomic E-state index is 12.5. The first-order valence-corrected chi connectivity index (χ1v) is 11.6. The van der Waals surface area contributed by atoms with E-state index in [2.05, 4.69) is 20.8 Å². The lowest BCUT2D eigenvalue weighted by Crippen LogP contribution is -2.71. The van der Waals surface area contributed by atoms with E-state index in [-0.39, 0.29) is 17.9 Å². The molecule has 1 fully saturated rings. The summed E-state index contributed by atoms with van der Waals surface area (Å²) in [5.74, 6) is -0.0638. The number of likely N-dealkylation sites (tertiary alicyclic amines) is 1. The Morgan fingerprint density at radius 2 is 1.74 bits per heavy atom. The summed E-state index contributed by atoms with van der Waals surface area (Å²) in [6.45, 7) is 12.9. The quantitative estimate of drug-likeness (QED) is 0.358. The number of imide groups is 1. The zero-order valence-electron chi connectivity index (χ0n) is 15.6. The van der Waals surface area contributed by atoms with Crippen LogP contribution in [0.15, 0.2) is 0 Å². The molecule has 0 spiro atoms. The third kappa shape index (κ3) is 4.35. The minimum atomic E-state index is -1.87. The molecule has 0 unspecified atom stereocenters. The van der Waals surface area contributed by atoms with Gasteiger partial charge >= 0.3 is 6.09 Å². The second-order valence-corrected chi connectivity index (χ2v) is 11.4. The molecule has 1 heterocycles. The molecule has 0 aliphatic carbocycles. The molecule has 0 radical (unpaired) electrons. The van der Waals surface area contributed by atoms with Gasteiger partial charge in [0.1, 0.15) is 6.10 Å². The number of rotatable bonds is 9. The monoisotopic (exact) mass is 343 g/mol. The lowest BCUT2D eigenvalue weighted by atomic mass is 9.89. The molecule has 5 nitrogen and oxygen atoms in total. The van der Waals surface area contributed by atoms with E-state index in [1.54, 1.807) is 0 Å². The van der Waals surface area contributed by atoms with Crippen LogP contribution in [0.4, 0.5) is 4.79 Å². The first-order valence-electron chi connectivity index (χ1n) is 9.05. The van der Waals surface area contributed by atoms with Crippen molar-refractivity contribution in [1.29, 1.82) is 0 Å². The smallest absolute Gasteiger partial charge is 0.416 e. The molecule has 134 valence electrons. The van der Waals surface area contributed by atoms with E-state index in [1.807, 2.05) is 20.8 Å². The molecule has 6 heteroatoms. The summed E-state index contributed by atoms with van der Waals surface area (Å²) >= 11 is 0. The van der Waals surface area contributed by atoms with Gasteiger partial charge in [-0.15, -0.1) is 0 Å². The van der Waals surface area contributed by atoms with Gasteiger partial charge in [-0.05, 0) is 30.5 Å². The SMILES string of the molecule is CCCCOC(=O)N1C(=O)[C@@H](O[Si](CC)(CC)CC)[C@H]1C(C)C. The number of carbonyl (C=O) groups is 2. The molecular formula is C17H33NO4Si. The van der Waals surface area contributed by atoms with Crippen molar-refractivity contribution in [2.24, 2.45) is 5.92 Å². The second-order valence-electron chi connectivity index (χ2n) is 6.69. The van der Waals surface area contributed by atoms with Crippen molar-refractivity contribution in [3.05, 3.63) is 0 Å². The molecule has 0 aromatic carbocycles. The fourth-order valence-electron chi connectivity index (χ4n) is 3.11. The molecular weight excluding hydrogens is 310 g/mol. The van der Waals surface area contributed by atoms with Crippen LogP contribution in [0.3, 0.4) is 0 Å². The first kappa shape index (κ1) is 20.2. The summed E-state index contributed by atoms with van der Waals surface area (Å²) in [4.78, 5) is 26.0. The summed E-state index contributed by atoms with van der Waals surface area (Å²) in [6, 6.07) is 2.79. The van der Waals surface area contributed by atoms with Crippen molar-refractivity contribution >= 4 is 20.3 Å². The van der Waals surface area contributed by atoms with Crippen LogP contribution in [0.1, 0.15) is 54.4 Å². The Balaban J connectivity index is 2.80. The normalized spacial score (nSPS) is 21.5. The van der Waals surface area contributed by atoms with E-state index in [4.69, 9.17) is 9.16 Å². The van der Waals surface area contributed by atoms with Gasteiger partial charge in [0.15, 0.2) is 8.32 Å². The molecule has 1 aliphatic rings. The number of hydrogen-bond acceptors (Lipinski definition) is 4. The van der Waals surface area contributed by atoms with E-state index in [0.717, 1.165) is 31.0 Å². The van der Waals surface area contributed by atoms with E-state index in [9.17, 15) is 9.59 Å². The van der Waals surface area contributed by atoms with Crippen LogP contribution in [-0.2, 0) is 14.0 Å². The molecule has 1 saturated heterocycles. The van der Waals surface area contributed by atoms with Gasteiger partial charge in [-0.3, -0.25) is 4.79 Å². The number of β-lactam (4-membered cyclic amide) rings is 1. The Morgan fingerprint density at radius 3 is 2.17 bits per heavy atom. The average molecular weight is 344 g/mol. The van der Waals surface area contributed by atoms with Crippen LogP contribution in [0.5, 0.6) is 0 Å². The standard InChI is InChI=1S/C17H33NO4Si/c1-7-11-12-21-17(20)18-14(13(5)6)15(16(18)19)22-23(8-2,9-3)10-4/h13-15H,7-12H2,1-6H3/t14-,15+/m1/s1. The Hall–Kier alpha value is -0.883. The van der Waals surface area contributed by atoms with Crippen molar-refractivity contribution in [1.82, 2.24) is 4.90 Å². The molecule has 0 aromatic rings. The highest BCUT2D eigenvalue weighted by molar-refractivity contribution is 6.73.